The number of aromatic amines is 1. The average Bonchev–Trinajstić information content (AvgIpc) is 3.59. The van der Waals surface area contributed by atoms with Crippen LogP contribution in [0.25, 0.3) is 31.5 Å². The van der Waals surface area contributed by atoms with Crippen LogP contribution in [0.3, 0.4) is 0 Å². The standard InChI is InChI=1S/C24H23N3O5S2/c25-15-16-1-2-21(33-16)22-3-4-23(34-22)24-26-17-13-19-20(14-18(17)27-24)32-12-10-30-8-6-28-5-7-29-9-11-31-19/h1-4,13-14H,5-12H2,(H,26,27). The van der Waals surface area contributed by atoms with Crippen LogP contribution in [0.5, 0.6) is 11.5 Å². The number of ether oxygens (including phenoxy) is 5. The summed E-state index contributed by atoms with van der Waals surface area (Å²) in [6, 6.07) is 13.9. The van der Waals surface area contributed by atoms with E-state index in [-0.39, 0.29) is 0 Å². The summed E-state index contributed by atoms with van der Waals surface area (Å²) in [4.78, 5) is 12.1. The molecule has 0 atom stereocenters. The first-order chi connectivity index (χ1) is 16.8. The fourth-order valence-electron chi connectivity index (χ4n) is 3.45. The molecule has 1 N–H and O–H groups in total. The van der Waals surface area contributed by atoms with Crippen molar-refractivity contribution in [1.82, 2.24) is 9.97 Å². The number of fused-ring (bicyclic) bond motifs is 2. The van der Waals surface area contributed by atoms with E-state index >= 15 is 0 Å². The summed E-state index contributed by atoms with van der Waals surface area (Å²) in [7, 11) is 0. The van der Waals surface area contributed by atoms with Crippen LogP contribution in [-0.4, -0.2) is 62.8 Å². The van der Waals surface area contributed by atoms with Gasteiger partial charge in [0.1, 0.15) is 30.0 Å². The molecule has 0 bridgehead atoms. The normalized spacial score (nSPS) is 16.0. The molecule has 0 amide bonds. The maximum absolute atomic E-state index is 9.09. The molecule has 0 saturated heterocycles. The molecule has 0 fully saturated rings. The lowest BCUT2D eigenvalue weighted by molar-refractivity contribution is 0.00708. The van der Waals surface area contributed by atoms with Gasteiger partial charge in [-0.2, -0.15) is 5.26 Å². The molecular formula is C24H23N3O5S2. The number of rotatable bonds is 2. The van der Waals surface area contributed by atoms with Gasteiger partial charge in [-0.25, -0.2) is 4.98 Å². The number of nitrogens with zero attached hydrogens (tertiary/aromatic N) is 2. The molecule has 0 saturated carbocycles. The third-order valence-electron chi connectivity index (χ3n) is 5.06. The van der Waals surface area contributed by atoms with Crippen molar-refractivity contribution in [2.45, 2.75) is 0 Å². The minimum Gasteiger partial charge on any atom is -0.487 e. The van der Waals surface area contributed by atoms with Crippen molar-refractivity contribution in [2.75, 3.05) is 52.9 Å². The fraction of sp³-hybridized carbons (Fsp3) is 0.333. The van der Waals surface area contributed by atoms with E-state index in [0.717, 1.165) is 31.5 Å². The van der Waals surface area contributed by atoms with Gasteiger partial charge in [0.25, 0.3) is 0 Å². The molecule has 0 unspecified atom stereocenters. The van der Waals surface area contributed by atoms with E-state index in [2.05, 4.69) is 17.1 Å². The van der Waals surface area contributed by atoms with Crippen molar-refractivity contribution in [3.63, 3.8) is 0 Å². The Hall–Kier alpha value is -2.94. The van der Waals surface area contributed by atoms with Crippen molar-refractivity contribution in [3.8, 4) is 38.0 Å². The van der Waals surface area contributed by atoms with E-state index in [9.17, 15) is 0 Å². The maximum atomic E-state index is 9.09. The zero-order valence-corrected chi connectivity index (χ0v) is 20.0. The molecule has 3 aromatic heterocycles. The van der Waals surface area contributed by atoms with Gasteiger partial charge in [-0.05, 0) is 24.3 Å². The zero-order valence-electron chi connectivity index (χ0n) is 18.4. The molecule has 5 rings (SSSR count). The van der Waals surface area contributed by atoms with Crippen LogP contribution >= 0.6 is 22.7 Å². The molecule has 0 spiro atoms. The molecule has 0 radical (unpaired) electrons. The van der Waals surface area contributed by atoms with E-state index in [0.29, 0.717) is 69.2 Å². The molecule has 4 aromatic rings. The Kier molecular flexibility index (Phi) is 7.38. The zero-order chi connectivity index (χ0) is 23.2. The molecule has 1 aliphatic heterocycles. The van der Waals surface area contributed by atoms with Gasteiger partial charge in [0, 0.05) is 21.9 Å². The Morgan fingerprint density at radius 2 is 1.32 bits per heavy atom. The highest BCUT2D eigenvalue weighted by Crippen LogP contribution is 2.38. The Bertz CT molecular complexity index is 1240. The second-order valence-electron chi connectivity index (χ2n) is 7.38. The number of aromatic nitrogens is 2. The number of hydrogen-bond donors (Lipinski definition) is 1. The van der Waals surface area contributed by atoms with E-state index in [1.807, 2.05) is 30.3 Å². The van der Waals surface area contributed by atoms with Crippen molar-refractivity contribution >= 4 is 33.7 Å². The molecule has 4 heterocycles. The summed E-state index contributed by atoms with van der Waals surface area (Å²) >= 11 is 3.12. The van der Waals surface area contributed by atoms with Crippen LogP contribution < -0.4 is 9.47 Å². The van der Waals surface area contributed by atoms with Crippen molar-refractivity contribution in [1.29, 1.82) is 5.26 Å². The first-order valence-corrected chi connectivity index (χ1v) is 12.6. The first kappa shape index (κ1) is 22.8. The minimum atomic E-state index is 0.398. The van der Waals surface area contributed by atoms with Gasteiger partial charge < -0.3 is 28.7 Å². The molecule has 1 aliphatic rings. The predicted molar refractivity (Wildman–Crippen MR) is 131 cm³/mol. The monoisotopic (exact) mass is 497 g/mol. The molecule has 0 aliphatic carbocycles. The lowest BCUT2D eigenvalue weighted by Crippen LogP contribution is -2.13. The second-order valence-corrected chi connectivity index (χ2v) is 9.54. The van der Waals surface area contributed by atoms with Crippen molar-refractivity contribution in [2.24, 2.45) is 0 Å². The van der Waals surface area contributed by atoms with Gasteiger partial charge in [0.05, 0.1) is 55.6 Å². The third-order valence-corrected chi connectivity index (χ3v) is 7.34. The van der Waals surface area contributed by atoms with Crippen LogP contribution in [-0.2, 0) is 14.2 Å². The summed E-state index contributed by atoms with van der Waals surface area (Å²) < 4.78 is 28.5. The van der Waals surface area contributed by atoms with E-state index in [1.165, 1.54) is 11.3 Å². The Morgan fingerprint density at radius 3 is 2.00 bits per heavy atom. The molecule has 176 valence electrons. The SMILES string of the molecule is N#Cc1ccc(-c2ccc(-c3nc4cc5c(cc4[nH]3)OCCOCCOCCOCCO5)s2)s1. The number of thiophene rings is 2. The molecule has 34 heavy (non-hydrogen) atoms. The van der Waals surface area contributed by atoms with Crippen LogP contribution in [0.2, 0.25) is 0 Å². The second kappa shape index (κ2) is 11.0. The third kappa shape index (κ3) is 5.41. The van der Waals surface area contributed by atoms with Crippen LogP contribution in [0.4, 0.5) is 0 Å². The molecule has 1 aromatic carbocycles. The predicted octanol–water partition coefficient (Wildman–Crippen LogP) is 4.71. The Morgan fingerprint density at radius 1 is 0.735 bits per heavy atom. The van der Waals surface area contributed by atoms with Crippen LogP contribution in [0.1, 0.15) is 4.88 Å². The Labute approximate surface area is 204 Å². The van der Waals surface area contributed by atoms with Crippen molar-refractivity contribution < 1.29 is 23.7 Å². The van der Waals surface area contributed by atoms with E-state index < -0.39 is 0 Å². The fourth-order valence-corrected chi connectivity index (χ4v) is 5.30. The van der Waals surface area contributed by atoms with Gasteiger partial charge in [0.15, 0.2) is 11.5 Å². The quantitative estimate of drug-likeness (QED) is 0.428. The summed E-state index contributed by atoms with van der Waals surface area (Å²) in [5.41, 5.74) is 1.65. The lowest BCUT2D eigenvalue weighted by Gasteiger charge is -2.13. The number of nitrogens with one attached hydrogen (secondary N) is 1. The maximum Gasteiger partial charge on any atom is 0.163 e. The van der Waals surface area contributed by atoms with Crippen LogP contribution in [0.15, 0.2) is 36.4 Å². The highest BCUT2D eigenvalue weighted by Gasteiger charge is 2.15. The van der Waals surface area contributed by atoms with E-state index in [1.54, 1.807) is 11.3 Å². The smallest absolute Gasteiger partial charge is 0.163 e. The number of benzene rings is 1. The number of nitriles is 1. The number of imidazole rings is 1. The van der Waals surface area contributed by atoms with Gasteiger partial charge in [-0.15, -0.1) is 22.7 Å². The molecule has 8 nitrogen and oxygen atoms in total. The molecule has 10 heteroatoms. The number of H-pyrrole nitrogens is 1. The Balaban J connectivity index is 1.38. The lowest BCUT2D eigenvalue weighted by atomic mass is 10.2. The highest BCUT2D eigenvalue weighted by molar-refractivity contribution is 7.24. The van der Waals surface area contributed by atoms with Gasteiger partial charge in [0.2, 0.25) is 0 Å². The number of hydrogen-bond acceptors (Lipinski definition) is 9. The summed E-state index contributed by atoms with van der Waals surface area (Å²) in [6.45, 7) is 3.81. The van der Waals surface area contributed by atoms with Crippen molar-refractivity contribution in [3.05, 3.63) is 41.3 Å². The average molecular weight is 498 g/mol. The highest BCUT2D eigenvalue weighted by atomic mass is 32.1. The van der Waals surface area contributed by atoms with Gasteiger partial charge in [-0.1, -0.05) is 0 Å². The largest absolute Gasteiger partial charge is 0.487 e. The van der Waals surface area contributed by atoms with Gasteiger partial charge >= 0.3 is 0 Å². The summed E-state index contributed by atoms with van der Waals surface area (Å²) in [5, 5.41) is 9.09. The first-order valence-electron chi connectivity index (χ1n) is 10.9. The topological polar surface area (TPSA) is 98.6 Å². The van der Waals surface area contributed by atoms with E-state index in [4.69, 9.17) is 33.9 Å². The van der Waals surface area contributed by atoms with Gasteiger partial charge in [-0.3, -0.25) is 0 Å². The summed E-state index contributed by atoms with van der Waals surface area (Å²) in [5.74, 6) is 2.03. The minimum absolute atomic E-state index is 0.398. The summed E-state index contributed by atoms with van der Waals surface area (Å²) in [6.07, 6.45) is 0. The van der Waals surface area contributed by atoms with Crippen LogP contribution in [0, 0.1) is 11.3 Å². The molecular weight excluding hydrogens is 474 g/mol.